The van der Waals surface area contributed by atoms with Crippen molar-refractivity contribution in [2.75, 3.05) is 5.75 Å². The van der Waals surface area contributed by atoms with Gasteiger partial charge in [-0.25, -0.2) is 0 Å². The van der Waals surface area contributed by atoms with Crippen LogP contribution in [-0.2, 0) is 6.42 Å². The molecule has 1 heteroatoms. The molecule has 1 heterocycles. The quantitative estimate of drug-likeness (QED) is 0.587. The van der Waals surface area contributed by atoms with Crippen LogP contribution in [0.2, 0.25) is 0 Å². The van der Waals surface area contributed by atoms with Gasteiger partial charge in [0.2, 0.25) is 0 Å². The Bertz CT molecular complexity index is 289. The van der Waals surface area contributed by atoms with Gasteiger partial charge in [-0.2, -0.15) is 0 Å². The Morgan fingerprint density at radius 2 is 2.00 bits per heavy atom. The first-order valence-corrected chi connectivity index (χ1v) is 5.37. The standard InChI is InChI=1S/C11H14S/c1-11(2)7-9-5-3-4-6-10(9)12-8-11/h3-6H,7-8H2,1-2H3. The van der Waals surface area contributed by atoms with Gasteiger partial charge in [-0.15, -0.1) is 11.8 Å². The van der Waals surface area contributed by atoms with Gasteiger partial charge in [0.25, 0.3) is 0 Å². The van der Waals surface area contributed by atoms with Gasteiger partial charge in [-0.3, -0.25) is 0 Å². The first kappa shape index (κ1) is 8.18. The molecule has 1 aromatic rings. The molecule has 0 aliphatic carbocycles. The molecule has 1 aromatic carbocycles. The first-order valence-electron chi connectivity index (χ1n) is 4.38. The van der Waals surface area contributed by atoms with E-state index in [1.807, 2.05) is 11.8 Å². The molecule has 1 aliphatic rings. The largest absolute Gasteiger partial charge is 0.125 e. The Morgan fingerprint density at radius 3 is 2.83 bits per heavy atom. The summed E-state index contributed by atoms with van der Waals surface area (Å²) in [5.41, 5.74) is 2.01. The summed E-state index contributed by atoms with van der Waals surface area (Å²) in [6, 6.07) is 8.75. The maximum absolute atomic E-state index is 2.34. The first-order chi connectivity index (χ1) is 5.67. The van der Waals surface area contributed by atoms with Crippen LogP contribution in [-0.4, -0.2) is 5.75 Å². The number of hydrogen-bond acceptors (Lipinski definition) is 1. The van der Waals surface area contributed by atoms with Crippen LogP contribution in [0, 0.1) is 5.41 Å². The molecule has 0 bridgehead atoms. The lowest BCUT2D eigenvalue weighted by atomic mass is 9.87. The van der Waals surface area contributed by atoms with Gasteiger partial charge in [-0.1, -0.05) is 32.0 Å². The van der Waals surface area contributed by atoms with E-state index in [1.165, 1.54) is 22.6 Å². The predicted molar refractivity (Wildman–Crippen MR) is 54.7 cm³/mol. The monoisotopic (exact) mass is 178 g/mol. The Kier molecular flexibility index (Phi) is 1.91. The van der Waals surface area contributed by atoms with Gasteiger partial charge < -0.3 is 0 Å². The van der Waals surface area contributed by atoms with Crippen molar-refractivity contribution in [1.82, 2.24) is 0 Å². The van der Waals surface area contributed by atoms with Crippen molar-refractivity contribution in [2.24, 2.45) is 5.41 Å². The van der Waals surface area contributed by atoms with Crippen LogP contribution in [0.1, 0.15) is 19.4 Å². The summed E-state index contributed by atoms with van der Waals surface area (Å²) >= 11 is 2.00. The number of thioether (sulfide) groups is 1. The summed E-state index contributed by atoms with van der Waals surface area (Å²) in [4.78, 5) is 1.48. The van der Waals surface area contributed by atoms with Crippen LogP contribution in [0.5, 0.6) is 0 Å². The number of hydrogen-bond donors (Lipinski definition) is 0. The fraction of sp³-hybridized carbons (Fsp3) is 0.455. The van der Waals surface area contributed by atoms with Gasteiger partial charge in [0.05, 0.1) is 0 Å². The number of fused-ring (bicyclic) bond motifs is 1. The second-order valence-corrected chi connectivity index (χ2v) is 5.25. The molecule has 64 valence electrons. The second kappa shape index (κ2) is 2.81. The van der Waals surface area contributed by atoms with E-state index in [4.69, 9.17) is 0 Å². The zero-order valence-corrected chi connectivity index (χ0v) is 8.45. The van der Waals surface area contributed by atoms with Crippen LogP contribution in [0.4, 0.5) is 0 Å². The van der Waals surface area contributed by atoms with E-state index in [-0.39, 0.29) is 0 Å². The highest BCUT2D eigenvalue weighted by Crippen LogP contribution is 2.38. The molecule has 0 aromatic heterocycles. The third-order valence-corrected chi connectivity index (χ3v) is 3.90. The van der Waals surface area contributed by atoms with Crippen LogP contribution < -0.4 is 0 Å². The zero-order chi connectivity index (χ0) is 8.60. The molecular formula is C11H14S. The van der Waals surface area contributed by atoms with Crippen molar-refractivity contribution in [1.29, 1.82) is 0 Å². The highest BCUT2D eigenvalue weighted by atomic mass is 32.2. The van der Waals surface area contributed by atoms with Gasteiger partial charge in [0.1, 0.15) is 0 Å². The molecule has 0 unspecified atom stereocenters. The average Bonchev–Trinajstić information content (AvgIpc) is 2.02. The Balaban J connectivity index is 2.35. The second-order valence-electron chi connectivity index (χ2n) is 4.24. The summed E-state index contributed by atoms with van der Waals surface area (Å²) < 4.78 is 0. The molecule has 0 spiro atoms. The van der Waals surface area contributed by atoms with Crippen molar-refractivity contribution in [3.05, 3.63) is 29.8 Å². The minimum atomic E-state index is 0.485. The molecular weight excluding hydrogens is 164 g/mol. The van der Waals surface area contributed by atoms with Crippen LogP contribution in [0.25, 0.3) is 0 Å². The molecule has 0 fully saturated rings. The third-order valence-electron chi connectivity index (χ3n) is 2.26. The summed E-state index contributed by atoms with van der Waals surface area (Å²) in [7, 11) is 0. The van der Waals surface area contributed by atoms with Gasteiger partial charge in [0.15, 0.2) is 0 Å². The van der Waals surface area contributed by atoms with Crippen molar-refractivity contribution in [3.8, 4) is 0 Å². The highest BCUT2D eigenvalue weighted by Gasteiger charge is 2.24. The molecule has 0 N–H and O–H groups in total. The highest BCUT2D eigenvalue weighted by molar-refractivity contribution is 7.99. The molecule has 0 radical (unpaired) electrons. The Labute approximate surface area is 78.4 Å². The minimum absolute atomic E-state index is 0.485. The minimum Gasteiger partial charge on any atom is -0.125 e. The topological polar surface area (TPSA) is 0 Å². The van der Waals surface area contributed by atoms with Gasteiger partial charge >= 0.3 is 0 Å². The molecule has 0 saturated carbocycles. The maximum atomic E-state index is 2.34. The predicted octanol–water partition coefficient (Wildman–Crippen LogP) is 3.36. The Hall–Kier alpha value is -0.430. The average molecular weight is 178 g/mol. The summed E-state index contributed by atoms with van der Waals surface area (Å²) in [6.45, 7) is 4.69. The molecule has 0 nitrogen and oxygen atoms in total. The Morgan fingerprint density at radius 1 is 1.25 bits per heavy atom. The SMILES string of the molecule is CC1(C)CSc2ccccc2C1. The molecule has 12 heavy (non-hydrogen) atoms. The summed E-state index contributed by atoms with van der Waals surface area (Å²) in [6.07, 6.45) is 1.23. The van der Waals surface area contributed by atoms with Crippen LogP contribution in [0.3, 0.4) is 0 Å². The van der Waals surface area contributed by atoms with Crippen molar-refractivity contribution in [2.45, 2.75) is 25.2 Å². The molecule has 0 amide bonds. The lowest BCUT2D eigenvalue weighted by molar-refractivity contribution is 0.412. The fourth-order valence-electron chi connectivity index (χ4n) is 1.63. The molecule has 2 rings (SSSR count). The van der Waals surface area contributed by atoms with Gasteiger partial charge in [-0.05, 0) is 23.5 Å². The van der Waals surface area contributed by atoms with E-state index >= 15 is 0 Å². The molecule has 1 aliphatic heterocycles. The van der Waals surface area contributed by atoms with E-state index in [0.29, 0.717) is 5.41 Å². The smallest absolute Gasteiger partial charge is 0.0104 e. The zero-order valence-electron chi connectivity index (χ0n) is 7.63. The maximum Gasteiger partial charge on any atom is 0.0104 e. The lowest BCUT2D eigenvalue weighted by Gasteiger charge is -2.30. The molecule has 0 saturated heterocycles. The van der Waals surface area contributed by atoms with Gasteiger partial charge in [0, 0.05) is 10.6 Å². The van der Waals surface area contributed by atoms with Crippen molar-refractivity contribution >= 4 is 11.8 Å². The molecule has 0 atom stereocenters. The number of rotatable bonds is 0. The normalized spacial score (nSPS) is 20.2. The van der Waals surface area contributed by atoms with E-state index in [0.717, 1.165) is 0 Å². The van der Waals surface area contributed by atoms with E-state index < -0.39 is 0 Å². The third kappa shape index (κ3) is 1.51. The summed E-state index contributed by atoms with van der Waals surface area (Å²) in [5.74, 6) is 1.25. The van der Waals surface area contributed by atoms with Crippen LogP contribution >= 0.6 is 11.8 Å². The van der Waals surface area contributed by atoms with Crippen molar-refractivity contribution in [3.63, 3.8) is 0 Å². The van der Waals surface area contributed by atoms with Crippen LogP contribution in [0.15, 0.2) is 29.2 Å². The summed E-state index contributed by atoms with van der Waals surface area (Å²) in [5, 5.41) is 0. The fourth-order valence-corrected chi connectivity index (χ4v) is 2.78. The van der Waals surface area contributed by atoms with E-state index in [2.05, 4.69) is 38.1 Å². The number of benzene rings is 1. The van der Waals surface area contributed by atoms with E-state index in [9.17, 15) is 0 Å². The van der Waals surface area contributed by atoms with E-state index in [1.54, 1.807) is 0 Å². The van der Waals surface area contributed by atoms with Crippen molar-refractivity contribution < 1.29 is 0 Å². The lowest BCUT2D eigenvalue weighted by Crippen LogP contribution is -2.22.